The maximum absolute atomic E-state index is 13.0. The van der Waals surface area contributed by atoms with Gasteiger partial charge in [-0.3, -0.25) is 0 Å². The van der Waals surface area contributed by atoms with Crippen LogP contribution in [0.3, 0.4) is 0 Å². The number of rotatable bonds is 3. The lowest BCUT2D eigenvalue weighted by molar-refractivity contribution is -0.137. The second-order valence-corrected chi connectivity index (χ2v) is 6.65. The SMILES string of the molecule is CC(/C=C/C1=CC(C)(C)COc2ccc(C(F)(F)F)cc21)=C\C(=O)O. The van der Waals surface area contributed by atoms with E-state index in [1.54, 1.807) is 19.1 Å². The van der Waals surface area contributed by atoms with E-state index in [0.29, 0.717) is 29.1 Å². The first kappa shape index (κ1) is 18.8. The first-order valence-corrected chi connectivity index (χ1v) is 7.64. The third-order valence-electron chi connectivity index (χ3n) is 3.64. The minimum atomic E-state index is -4.45. The molecule has 0 saturated heterocycles. The quantitative estimate of drug-likeness (QED) is 0.608. The number of carboxylic acids is 1. The molecule has 1 heterocycles. The first-order valence-electron chi connectivity index (χ1n) is 7.64. The van der Waals surface area contributed by atoms with Crippen LogP contribution in [0.2, 0.25) is 0 Å². The Labute approximate surface area is 144 Å². The maximum atomic E-state index is 13.0. The van der Waals surface area contributed by atoms with Crippen molar-refractivity contribution in [3.05, 3.63) is 59.2 Å². The van der Waals surface area contributed by atoms with Crippen LogP contribution in [-0.4, -0.2) is 17.7 Å². The summed E-state index contributed by atoms with van der Waals surface area (Å²) in [5, 5.41) is 8.76. The number of carboxylic acid groups (broad SMARTS) is 1. The van der Waals surface area contributed by atoms with Crippen molar-refractivity contribution < 1.29 is 27.8 Å². The van der Waals surface area contributed by atoms with Crippen LogP contribution in [0.5, 0.6) is 5.75 Å². The third-order valence-corrected chi connectivity index (χ3v) is 3.64. The topological polar surface area (TPSA) is 46.5 Å². The van der Waals surface area contributed by atoms with E-state index in [1.165, 1.54) is 6.07 Å². The molecule has 0 saturated carbocycles. The van der Waals surface area contributed by atoms with Crippen molar-refractivity contribution in [2.75, 3.05) is 6.61 Å². The van der Waals surface area contributed by atoms with Crippen molar-refractivity contribution in [2.24, 2.45) is 5.41 Å². The number of benzene rings is 1. The van der Waals surface area contributed by atoms with E-state index in [1.807, 2.05) is 19.9 Å². The minimum absolute atomic E-state index is 0.326. The number of carbonyl (C=O) groups is 1. The Morgan fingerprint density at radius 3 is 2.60 bits per heavy atom. The van der Waals surface area contributed by atoms with E-state index in [-0.39, 0.29) is 5.41 Å². The molecule has 1 aromatic rings. The molecule has 0 radical (unpaired) electrons. The average Bonchev–Trinajstić information content (AvgIpc) is 2.60. The van der Waals surface area contributed by atoms with E-state index in [9.17, 15) is 18.0 Å². The monoisotopic (exact) mass is 352 g/mol. The fourth-order valence-electron chi connectivity index (χ4n) is 2.46. The van der Waals surface area contributed by atoms with Gasteiger partial charge in [-0.1, -0.05) is 32.1 Å². The van der Waals surface area contributed by atoms with Crippen LogP contribution in [0.1, 0.15) is 31.9 Å². The van der Waals surface area contributed by atoms with Gasteiger partial charge in [0.2, 0.25) is 0 Å². The van der Waals surface area contributed by atoms with Crippen LogP contribution in [0.25, 0.3) is 5.57 Å². The number of fused-ring (bicyclic) bond motifs is 1. The summed E-state index contributed by atoms with van der Waals surface area (Å²) in [6.07, 6.45) is 1.59. The minimum Gasteiger partial charge on any atom is -0.492 e. The summed E-state index contributed by atoms with van der Waals surface area (Å²) in [5.41, 5.74) is 0.222. The van der Waals surface area contributed by atoms with E-state index < -0.39 is 17.7 Å². The van der Waals surface area contributed by atoms with Gasteiger partial charge in [-0.15, -0.1) is 0 Å². The highest BCUT2D eigenvalue weighted by molar-refractivity contribution is 5.82. The van der Waals surface area contributed by atoms with Gasteiger partial charge in [0.25, 0.3) is 0 Å². The molecule has 1 aliphatic heterocycles. The molecule has 134 valence electrons. The lowest BCUT2D eigenvalue weighted by atomic mass is 9.90. The average molecular weight is 352 g/mol. The molecule has 0 bridgehead atoms. The number of allylic oxidation sites excluding steroid dienone is 4. The summed E-state index contributed by atoms with van der Waals surface area (Å²) in [5.74, 6) is -0.713. The Morgan fingerprint density at radius 1 is 1.32 bits per heavy atom. The van der Waals surface area contributed by atoms with Crippen LogP contribution in [0.4, 0.5) is 13.2 Å². The summed E-state index contributed by atoms with van der Waals surface area (Å²) in [4.78, 5) is 10.7. The zero-order chi connectivity index (χ0) is 18.8. The predicted molar refractivity (Wildman–Crippen MR) is 89.2 cm³/mol. The maximum Gasteiger partial charge on any atom is 0.416 e. The van der Waals surface area contributed by atoms with Crippen molar-refractivity contribution in [3.63, 3.8) is 0 Å². The van der Waals surface area contributed by atoms with Gasteiger partial charge < -0.3 is 9.84 Å². The zero-order valence-electron chi connectivity index (χ0n) is 14.1. The zero-order valence-corrected chi connectivity index (χ0v) is 14.1. The van der Waals surface area contributed by atoms with Gasteiger partial charge in [-0.2, -0.15) is 13.2 Å². The van der Waals surface area contributed by atoms with Gasteiger partial charge >= 0.3 is 12.1 Å². The Balaban J connectivity index is 2.54. The summed E-state index contributed by atoms with van der Waals surface area (Å²) in [6, 6.07) is 3.37. The molecule has 0 aromatic heterocycles. The largest absolute Gasteiger partial charge is 0.492 e. The number of ether oxygens (including phenoxy) is 1. The second kappa shape index (κ2) is 6.78. The molecular weight excluding hydrogens is 333 g/mol. The normalized spacial score (nSPS) is 17.5. The molecule has 1 N–H and O–H groups in total. The molecule has 0 aliphatic carbocycles. The Hall–Kier alpha value is -2.50. The van der Waals surface area contributed by atoms with Crippen molar-refractivity contribution >= 4 is 11.5 Å². The molecule has 25 heavy (non-hydrogen) atoms. The molecule has 3 nitrogen and oxygen atoms in total. The summed E-state index contributed by atoms with van der Waals surface area (Å²) in [6.45, 7) is 5.76. The molecule has 1 aliphatic rings. The Kier molecular flexibility index (Phi) is 5.11. The first-order chi connectivity index (χ1) is 11.5. The fourth-order valence-corrected chi connectivity index (χ4v) is 2.46. The predicted octanol–water partition coefficient (Wildman–Crippen LogP) is 5.09. The second-order valence-electron chi connectivity index (χ2n) is 6.65. The summed E-state index contributed by atoms with van der Waals surface area (Å²) < 4.78 is 44.8. The number of alkyl halides is 3. The number of halogens is 3. The van der Waals surface area contributed by atoms with Crippen molar-refractivity contribution in [1.29, 1.82) is 0 Å². The smallest absolute Gasteiger partial charge is 0.416 e. The van der Waals surface area contributed by atoms with Gasteiger partial charge in [0.1, 0.15) is 5.75 Å². The Bertz CT molecular complexity index is 769. The van der Waals surface area contributed by atoms with Crippen LogP contribution in [-0.2, 0) is 11.0 Å². The summed E-state index contributed by atoms with van der Waals surface area (Å²) in [7, 11) is 0. The van der Waals surface area contributed by atoms with E-state index in [0.717, 1.165) is 18.2 Å². The molecule has 0 amide bonds. The highest BCUT2D eigenvalue weighted by atomic mass is 19.4. The lowest BCUT2D eigenvalue weighted by Crippen LogP contribution is -2.17. The van der Waals surface area contributed by atoms with Gasteiger partial charge in [0.05, 0.1) is 12.2 Å². The number of aliphatic carboxylic acids is 1. The molecular formula is C19H19F3O3. The highest BCUT2D eigenvalue weighted by Crippen LogP contribution is 2.39. The molecule has 0 atom stereocenters. The lowest BCUT2D eigenvalue weighted by Gasteiger charge is -2.18. The van der Waals surface area contributed by atoms with Crippen LogP contribution in [0, 0.1) is 5.41 Å². The number of hydrogen-bond acceptors (Lipinski definition) is 2. The highest BCUT2D eigenvalue weighted by Gasteiger charge is 2.32. The van der Waals surface area contributed by atoms with Gasteiger partial charge in [0, 0.05) is 17.1 Å². The standard InChI is InChI=1S/C19H19F3O3/c1-12(8-17(23)24)4-5-13-10-18(2,3)11-25-16-7-6-14(9-15(13)16)19(20,21)22/h4-10H,11H2,1-3H3,(H,23,24)/b5-4+,12-8+. The molecule has 0 fully saturated rings. The van der Waals surface area contributed by atoms with Crippen molar-refractivity contribution in [3.8, 4) is 5.75 Å². The summed E-state index contributed by atoms with van der Waals surface area (Å²) >= 11 is 0. The van der Waals surface area contributed by atoms with Crippen molar-refractivity contribution in [1.82, 2.24) is 0 Å². The van der Waals surface area contributed by atoms with E-state index in [4.69, 9.17) is 9.84 Å². The molecule has 0 spiro atoms. The van der Waals surface area contributed by atoms with Crippen molar-refractivity contribution in [2.45, 2.75) is 26.9 Å². The molecule has 6 heteroatoms. The van der Waals surface area contributed by atoms with Crippen LogP contribution >= 0.6 is 0 Å². The van der Waals surface area contributed by atoms with Gasteiger partial charge in [0.15, 0.2) is 0 Å². The Morgan fingerprint density at radius 2 is 2.00 bits per heavy atom. The number of hydrogen-bond donors (Lipinski definition) is 1. The third kappa shape index (κ3) is 4.98. The molecule has 2 rings (SSSR count). The van der Waals surface area contributed by atoms with Gasteiger partial charge in [-0.25, -0.2) is 4.79 Å². The van der Waals surface area contributed by atoms with E-state index >= 15 is 0 Å². The fraction of sp³-hybridized carbons (Fsp3) is 0.316. The molecule has 1 aromatic carbocycles. The van der Waals surface area contributed by atoms with Gasteiger partial charge in [-0.05, 0) is 36.3 Å². The van der Waals surface area contributed by atoms with Crippen LogP contribution in [0.15, 0.2) is 48.1 Å². The van der Waals surface area contributed by atoms with E-state index in [2.05, 4.69) is 0 Å². The van der Waals surface area contributed by atoms with Crippen LogP contribution < -0.4 is 4.74 Å². The molecule has 0 unspecified atom stereocenters.